The molecule has 1 aliphatic heterocycles. The molecule has 0 spiro atoms. The predicted molar refractivity (Wildman–Crippen MR) is 56.4 cm³/mol. The van der Waals surface area contributed by atoms with Crippen LogP contribution in [-0.2, 0) is 9.53 Å². The Hall–Kier alpha value is -0.410. The van der Waals surface area contributed by atoms with E-state index in [-0.39, 0.29) is 5.54 Å². The predicted octanol–water partition coefficient (Wildman–Crippen LogP) is 1.46. The Labute approximate surface area is 86.4 Å². The van der Waals surface area contributed by atoms with Crippen molar-refractivity contribution in [3.05, 3.63) is 0 Å². The number of likely N-dealkylation sites (tertiary alicyclic amines) is 1. The van der Waals surface area contributed by atoms with Crippen molar-refractivity contribution < 1.29 is 9.53 Å². The molecule has 3 nitrogen and oxygen atoms in total. The first-order valence-corrected chi connectivity index (χ1v) is 5.29. The Bertz CT molecular complexity index is 210. The van der Waals surface area contributed by atoms with Crippen LogP contribution in [0.4, 0.5) is 0 Å². The molecule has 1 saturated heterocycles. The number of aldehydes is 1. The average Bonchev–Trinajstić information content (AvgIpc) is 2.50. The standard InChI is InChI=1S/C11H21NO2/c1-5-14-11(9-13)6-7-12(8-11)10(2,3)4/h9H,5-8H2,1-4H3. The molecule has 0 saturated carbocycles. The van der Waals surface area contributed by atoms with E-state index in [0.717, 1.165) is 25.8 Å². The van der Waals surface area contributed by atoms with Gasteiger partial charge in [-0.05, 0) is 34.1 Å². The molecule has 1 fully saturated rings. The number of ether oxygens (including phenoxy) is 1. The van der Waals surface area contributed by atoms with Crippen molar-refractivity contribution in [1.29, 1.82) is 0 Å². The van der Waals surface area contributed by atoms with Crippen LogP contribution in [0.15, 0.2) is 0 Å². The second-order valence-electron chi connectivity index (χ2n) is 4.96. The van der Waals surface area contributed by atoms with Crippen molar-refractivity contribution in [1.82, 2.24) is 4.90 Å². The maximum absolute atomic E-state index is 11.0. The Balaban J connectivity index is 2.66. The molecular formula is C11H21NO2. The third-order valence-corrected chi connectivity index (χ3v) is 2.86. The third-order valence-electron chi connectivity index (χ3n) is 2.86. The SMILES string of the molecule is CCOC1(C=O)CCN(C(C)(C)C)C1. The Morgan fingerprint density at radius 2 is 2.14 bits per heavy atom. The summed E-state index contributed by atoms with van der Waals surface area (Å²) in [6, 6.07) is 0. The molecule has 0 N–H and O–H groups in total. The zero-order chi connectivity index (χ0) is 10.8. The summed E-state index contributed by atoms with van der Waals surface area (Å²) in [4.78, 5) is 13.3. The molecule has 0 aromatic rings. The van der Waals surface area contributed by atoms with Crippen LogP contribution in [0.1, 0.15) is 34.1 Å². The molecule has 0 radical (unpaired) electrons. The lowest BCUT2D eigenvalue weighted by Crippen LogP contribution is -2.44. The zero-order valence-electron chi connectivity index (χ0n) is 9.67. The lowest BCUT2D eigenvalue weighted by molar-refractivity contribution is -0.129. The van der Waals surface area contributed by atoms with Crippen LogP contribution in [0.25, 0.3) is 0 Å². The summed E-state index contributed by atoms with van der Waals surface area (Å²) in [7, 11) is 0. The summed E-state index contributed by atoms with van der Waals surface area (Å²) < 4.78 is 5.56. The molecule has 14 heavy (non-hydrogen) atoms. The Morgan fingerprint density at radius 3 is 2.50 bits per heavy atom. The number of carbonyl (C=O) groups excluding carboxylic acids is 1. The Kier molecular flexibility index (Phi) is 3.32. The van der Waals surface area contributed by atoms with Gasteiger partial charge in [0.25, 0.3) is 0 Å². The number of hydrogen-bond acceptors (Lipinski definition) is 3. The van der Waals surface area contributed by atoms with Gasteiger partial charge in [-0.15, -0.1) is 0 Å². The van der Waals surface area contributed by atoms with Gasteiger partial charge in [0.2, 0.25) is 0 Å². The van der Waals surface area contributed by atoms with Crippen LogP contribution in [0, 0.1) is 0 Å². The number of rotatable bonds is 3. The monoisotopic (exact) mass is 199 g/mol. The van der Waals surface area contributed by atoms with Gasteiger partial charge in [-0.1, -0.05) is 0 Å². The first kappa shape index (κ1) is 11.7. The number of nitrogens with zero attached hydrogens (tertiary/aromatic N) is 1. The first-order valence-electron chi connectivity index (χ1n) is 5.29. The van der Waals surface area contributed by atoms with Gasteiger partial charge >= 0.3 is 0 Å². The molecule has 0 aromatic heterocycles. The molecule has 3 heteroatoms. The molecule has 82 valence electrons. The Morgan fingerprint density at radius 1 is 1.50 bits per heavy atom. The van der Waals surface area contributed by atoms with Crippen molar-refractivity contribution in [2.75, 3.05) is 19.7 Å². The highest BCUT2D eigenvalue weighted by molar-refractivity contribution is 5.63. The van der Waals surface area contributed by atoms with Crippen LogP contribution in [0.5, 0.6) is 0 Å². The van der Waals surface area contributed by atoms with E-state index >= 15 is 0 Å². The summed E-state index contributed by atoms with van der Waals surface area (Å²) in [5.74, 6) is 0. The van der Waals surface area contributed by atoms with Crippen LogP contribution in [-0.4, -0.2) is 42.0 Å². The van der Waals surface area contributed by atoms with E-state index in [1.54, 1.807) is 0 Å². The molecule has 1 heterocycles. The maximum Gasteiger partial charge on any atom is 0.153 e. The fraction of sp³-hybridized carbons (Fsp3) is 0.909. The molecule has 1 rings (SSSR count). The quantitative estimate of drug-likeness (QED) is 0.645. The third kappa shape index (κ3) is 2.34. The van der Waals surface area contributed by atoms with E-state index < -0.39 is 5.60 Å². The molecule has 0 bridgehead atoms. The van der Waals surface area contributed by atoms with Crippen molar-refractivity contribution in [3.63, 3.8) is 0 Å². The van der Waals surface area contributed by atoms with Gasteiger partial charge in [-0.25, -0.2) is 0 Å². The van der Waals surface area contributed by atoms with E-state index in [1.165, 1.54) is 0 Å². The highest BCUT2D eigenvalue weighted by Gasteiger charge is 2.42. The zero-order valence-corrected chi connectivity index (χ0v) is 9.67. The van der Waals surface area contributed by atoms with Gasteiger partial charge in [-0.3, -0.25) is 4.90 Å². The minimum absolute atomic E-state index is 0.127. The van der Waals surface area contributed by atoms with E-state index in [4.69, 9.17) is 4.74 Å². The van der Waals surface area contributed by atoms with Crippen LogP contribution < -0.4 is 0 Å². The summed E-state index contributed by atoms with van der Waals surface area (Å²) in [5.41, 5.74) is -0.413. The highest BCUT2D eigenvalue weighted by Crippen LogP contribution is 2.28. The van der Waals surface area contributed by atoms with E-state index in [1.807, 2.05) is 6.92 Å². The van der Waals surface area contributed by atoms with Crippen molar-refractivity contribution in [2.24, 2.45) is 0 Å². The van der Waals surface area contributed by atoms with E-state index in [2.05, 4.69) is 25.7 Å². The lowest BCUT2D eigenvalue weighted by atomic mass is 10.0. The van der Waals surface area contributed by atoms with Gasteiger partial charge in [0, 0.05) is 25.2 Å². The molecular weight excluding hydrogens is 178 g/mol. The maximum atomic E-state index is 11.0. The van der Waals surface area contributed by atoms with Gasteiger partial charge in [0.05, 0.1) is 0 Å². The van der Waals surface area contributed by atoms with Gasteiger partial charge < -0.3 is 9.53 Å². The fourth-order valence-electron chi connectivity index (χ4n) is 1.91. The van der Waals surface area contributed by atoms with Gasteiger partial charge in [0.15, 0.2) is 6.29 Å². The molecule has 0 aliphatic carbocycles. The van der Waals surface area contributed by atoms with Gasteiger partial charge in [0.1, 0.15) is 5.60 Å². The lowest BCUT2D eigenvalue weighted by Gasteiger charge is -2.33. The van der Waals surface area contributed by atoms with E-state index in [0.29, 0.717) is 6.61 Å². The molecule has 0 aromatic carbocycles. The summed E-state index contributed by atoms with van der Waals surface area (Å²) in [6.45, 7) is 10.7. The largest absolute Gasteiger partial charge is 0.366 e. The minimum atomic E-state index is -0.540. The topological polar surface area (TPSA) is 29.5 Å². The second kappa shape index (κ2) is 3.99. The smallest absolute Gasteiger partial charge is 0.153 e. The van der Waals surface area contributed by atoms with Crippen LogP contribution in [0.2, 0.25) is 0 Å². The molecule has 0 amide bonds. The first-order chi connectivity index (χ1) is 6.43. The summed E-state index contributed by atoms with van der Waals surface area (Å²) >= 11 is 0. The normalized spacial score (nSPS) is 29.4. The van der Waals surface area contributed by atoms with Gasteiger partial charge in [-0.2, -0.15) is 0 Å². The second-order valence-corrected chi connectivity index (χ2v) is 4.96. The molecule has 1 unspecified atom stereocenters. The number of hydrogen-bond donors (Lipinski definition) is 0. The number of carbonyl (C=O) groups is 1. The van der Waals surface area contributed by atoms with E-state index in [9.17, 15) is 4.79 Å². The molecule has 1 aliphatic rings. The fourth-order valence-corrected chi connectivity index (χ4v) is 1.91. The summed E-state index contributed by atoms with van der Waals surface area (Å²) in [5, 5.41) is 0. The van der Waals surface area contributed by atoms with Crippen molar-refractivity contribution in [3.8, 4) is 0 Å². The average molecular weight is 199 g/mol. The van der Waals surface area contributed by atoms with Crippen LogP contribution in [0.3, 0.4) is 0 Å². The van der Waals surface area contributed by atoms with Crippen LogP contribution >= 0.6 is 0 Å². The molecule has 1 atom stereocenters. The summed E-state index contributed by atoms with van der Waals surface area (Å²) in [6.07, 6.45) is 1.80. The van der Waals surface area contributed by atoms with Crippen molar-refractivity contribution >= 4 is 6.29 Å². The minimum Gasteiger partial charge on any atom is -0.366 e. The van der Waals surface area contributed by atoms with Crippen molar-refractivity contribution in [2.45, 2.75) is 45.3 Å². The highest BCUT2D eigenvalue weighted by atomic mass is 16.5.